The molecule has 0 aliphatic carbocycles. The summed E-state index contributed by atoms with van der Waals surface area (Å²) < 4.78 is 5.33. The van der Waals surface area contributed by atoms with Crippen molar-refractivity contribution in [1.82, 2.24) is 15.1 Å². The Labute approximate surface area is 143 Å². The Kier molecular flexibility index (Phi) is 4.75. The largest absolute Gasteiger partial charge is 0.496 e. The molecule has 0 unspecified atom stereocenters. The van der Waals surface area contributed by atoms with Crippen molar-refractivity contribution >= 4 is 28.3 Å². The van der Waals surface area contributed by atoms with E-state index in [-0.39, 0.29) is 11.8 Å². The third-order valence-corrected chi connectivity index (χ3v) is 4.67. The lowest BCUT2D eigenvalue weighted by molar-refractivity contribution is -0.133. The quantitative estimate of drug-likeness (QED) is 0.895. The van der Waals surface area contributed by atoms with E-state index in [1.54, 1.807) is 12.0 Å². The molecule has 1 N–H and O–H groups in total. The summed E-state index contributed by atoms with van der Waals surface area (Å²) in [4.78, 5) is 26.4. The Balaban J connectivity index is 1.75. The zero-order valence-electron chi connectivity index (χ0n) is 13.5. The number of nitrogens with zero attached hydrogens (tertiary/aromatic N) is 3. The van der Waals surface area contributed by atoms with Crippen LogP contribution < -0.4 is 10.1 Å². The SMILES string of the molecule is COc1ccccc1CN1C(=O)CC[C@H]1C(=O)Nc1nnc(C)s1. The molecule has 126 valence electrons. The predicted molar refractivity (Wildman–Crippen MR) is 89.8 cm³/mol. The first-order valence-corrected chi connectivity index (χ1v) is 8.42. The number of methoxy groups -OCH3 is 1. The van der Waals surface area contributed by atoms with Gasteiger partial charge in [0.15, 0.2) is 0 Å². The van der Waals surface area contributed by atoms with Gasteiger partial charge in [-0.25, -0.2) is 0 Å². The Morgan fingerprint density at radius 1 is 1.42 bits per heavy atom. The summed E-state index contributed by atoms with van der Waals surface area (Å²) in [7, 11) is 1.59. The van der Waals surface area contributed by atoms with Crippen LogP contribution in [-0.4, -0.2) is 40.1 Å². The highest BCUT2D eigenvalue weighted by Gasteiger charge is 2.36. The van der Waals surface area contributed by atoms with Gasteiger partial charge in [0.1, 0.15) is 16.8 Å². The number of nitrogens with one attached hydrogen (secondary N) is 1. The van der Waals surface area contributed by atoms with E-state index >= 15 is 0 Å². The molecule has 1 aromatic carbocycles. The van der Waals surface area contributed by atoms with Gasteiger partial charge in [-0.2, -0.15) is 0 Å². The molecule has 2 aromatic rings. The van der Waals surface area contributed by atoms with Crippen molar-refractivity contribution in [3.05, 3.63) is 34.8 Å². The average Bonchev–Trinajstić information content (AvgIpc) is 3.14. The van der Waals surface area contributed by atoms with Gasteiger partial charge in [-0.3, -0.25) is 14.9 Å². The first kappa shape index (κ1) is 16.4. The zero-order valence-corrected chi connectivity index (χ0v) is 14.3. The van der Waals surface area contributed by atoms with Crippen LogP contribution in [0.25, 0.3) is 0 Å². The second-order valence-electron chi connectivity index (χ2n) is 5.50. The van der Waals surface area contributed by atoms with Gasteiger partial charge in [0.2, 0.25) is 16.9 Å². The summed E-state index contributed by atoms with van der Waals surface area (Å²) in [5.74, 6) is 0.442. The van der Waals surface area contributed by atoms with Crippen molar-refractivity contribution in [2.45, 2.75) is 32.4 Å². The van der Waals surface area contributed by atoms with Crippen LogP contribution in [0.2, 0.25) is 0 Å². The molecule has 8 heteroatoms. The van der Waals surface area contributed by atoms with Crippen LogP contribution >= 0.6 is 11.3 Å². The minimum Gasteiger partial charge on any atom is -0.496 e. The maximum Gasteiger partial charge on any atom is 0.249 e. The number of anilines is 1. The van der Waals surface area contributed by atoms with Crippen LogP contribution in [0.15, 0.2) is 24.3 Å². The first-order chi connectivity index (χ1) is 11.6. The summed E-state index contributed by atoms with van der Waals surface area (Å²) in [5, 5.41) is 11.8. The molecule has 0 spiro atoms. The Morgan fingerprint density at radius 3 is 2.92 bits per heavy atom. The second-order valence-corrected chi connectivity index (χ2v) is 6.69. The highest BCUT2D eigenvalue weighted by atomic mass is 32.1. The van der Waals surface area contributed by atoms with E-state index in [0.717, 1.165) is 10.6 Å². The molecule has 1 aromatic heterocycles. The standard InChI is InChI=1S/C16H18N4O3S/c1-10-18-19-16(24-10)17-15(22)12-7-8-14(21)20(12)9-11-5-3-4-6-13(11)23-2/h3-6,12H,7-9H2,1-2H3,(H,17,19,22)/t12-/m0/s1. The number of aromatic nitrogens is 2. The molecule has 1 aliphatic rings. The van der Waals surface area contributed by atoms with Gasteiger partial charge in [0, 0.05) is 12.0 Å². The molecule has 7 nitrogen and oxygen atoms in total. The second kappa shape index (κ2) is 6.96. The Bertz CT molecular complexity index is 761. The van der Waals surface area contributed by atoms with Crippen LogP contribution in [0.4, 0.5) is 5.13 Å². The highest BCUT2D eigenvalue weighted by Crippen LogP contribution is 2.27. The maximum atomic E-state index is 12.5. The van der Waals surface area contributed by atoms with Crippen molar-refractivity contribution in [2.75, 3.05) is 12.4 Å². The van der Waals surface area contributed by atoms with Gasteiger partial charge < -0.3 is 9.64 Å². The van der Waals surface area contributed by atoms with E-state index in [9.17, 15) is 9.59 Å². The molecule has 1 atom stereocenters. The van der Waals surface area contributed by atoms with E-state index in [4.69, 9.17) is 4.74 Å². The molecule has 0 saturated carbocycles. The van der Waals surface area contributed by atoms with Crippen LogP contribution in [0.3, 0.4) is 0 Å². The predicted octanol–water partition coefficient (Wildman–Crippen LogP) is 1.98. The van der Waals surface area contributed by atoms with E-state index in [0.29, 0.717) is 30.3 Å². The normalized spacial score (nSPS) is 17.2. The van der Waals surface area contributed by atoms with Crippen LogP contribution in [-0.2, 0) is 16.1 Å². The number of amides is 2. The fourth-order valence-corrected chi connectivity index (χ4v) is 3.35. The minimum absolute atomic E-state index is 0.0329. The lowest BCUT2D eigenvalue weighted by Gasteiger charge is -2.24. The van der Waals surface area contributed by atoms with Gasteiger partial charge >= 0.3 is 0 Å². The molecule has 1 saturated heterocycles. The lowest BCUT2D eigenvalue weighted by atomic mass is 10.1. The van der Waals surface area contributed by atoms with E-state index < -0.39 is 6.04 Å². The van der Waals surface area contributed by atoms with E-state index in [2.05, 4.69) is 15.5 Å². The van der Waals surface area contributed by atoms with Crippen LogP contribution in [0.5, 0.6) is 5.75 Å². The number of likely N-dealkylation sites (tertiary alicyclic amines) is 1. The van der Waals surface area contributed by atoms with Gasteiger partial charge in [0.25, 0.3) is 0 Å². The van der Waals surface area contributed by atoms with Gasteiger partial charge in [-0.15, -0.1) is 10.2 Å². The summed E-state index contributed by atoms with van der Waals surface area (Å²) >= 11 is 1.31. The van der Waals surface area contributed by atoms with E-state index in [1.807, 2.05) is 31.2 Å². The fraction of sp³-hybridized carbons (Fsp3) is 0.375. The molecule has 2 amide bonds. The minimum atomic E-state index is -0.508. The summed E-state index contributed by atoms with van der Waals surface area (Å²) in [5.41, 5.74) is 0.875. The van der Waals surface area contributed by atoms with E-state index in [1.165, 1.54) is 11.3 Å². The number of ether oxygens (including phenoxy) is 1. The van der Waals surface area contributed by atoms with Crippen molar-refractivity contribution in [1.29, 1.82) is 0 Å². The smallest absolute Gasteiger partial charge is 0.249 e. The molecular weight excluding hydrogens is 328 g/mol. The number of carbonyl (C=O) groups is 2. The third-order valence-electron chi connectivity index (χ3n) is 3.92. The monoisotopic (exact) mass is 346 g/mol. The summed E-state index contributed by atoms with van der Waals surface area (Å²) in [6.07, 6.45) is 0.861. The number of carbonyl (C=O) groups excluding carboxylic acids is 2. The number of benzene rings is 1. The van der Waals surface area contributed by atoms with Gasteiger partial charge in [0.05, 0.1) is 13.7 Å². The highest BCUT2D eigenvalue weighted by molar-refractivity contribution is 7.15. The molecule has 2 heterocycles. The number of para-hydroxylation sites is 1. The third kappa shape index (κ3) is 3.38. The topological polar surface area (TPSA) is 84.4 Å². The number of aryl methyl sites for hydroxylation is 1. The number of hydrogen-bond acceptors (Lipinski definition) is 6. The lowest BCUT2D eigenvalue weighted by Crippen LogP contribution is -2.41. The van der Waals surface area contributed by atoms with Crippen molar-refractivity contribution < 1.29 is 14.3 Å². The summed E-state index contributed by atoms with van der Waals surface area (Å²) in [6, 6.07) is 6.99. The van der Waals surface area contributed by atoms with Crippen LogP contribution in [0, 0.1) is 6.92 Å². The Hall–Kier alpha value is -2.48. The average molecular weight is 346 g/mol. The number of hydrogen-bond donors (Lipinski definition) is 1. The summed E-state index contributed by atoms with van der Waals surface area (Å²) in [6.45, 7) is 2.16. The fourth-order valence-electron chi connectivity index (χ4n) is 2.76. The van der Waals surface area contributed by atoms with Gasteiger partial charge in [-0.05, 0) is 19.4 Å². The molecule has 0 radical (unpaired) electrons. The molecule has 1 fully saturated rings. The number of rotatable bonds is 5. The van der Waals surface area contributed by atoms with Crippen LogP contribution in [0.1, 0.15) is 23.4 Å². The molecular formula is C16H18N4O3S. The van der Waals surface area contributed by atoms with Crippen molar-refractivity contribution in [3.8, 4) is 5.75 Å². The molecule has 0 bridgehead atoms. The van der Waals surface area contributed by atoms with Crippen molar-refractivity contribution in [3.63, 3.8) is 0 Å². The first-order valence-electron chi connectivity index (χ1n) is 7.61. The zero-order chi connectivity index (χ0) is 17.1. The Morgan fingerprint density at radius 2 is 2.21 bits per heavy atom. The molecule has 24 heavy (non-hydrogen) atoms. The maximum absolute atomic E-state index is 12.5. The van der Waals surface area contributed by atoms with Gasteiger partial charge in [-0.1, -0.05) is 29.5 Å². The molecule has 3 rings (SSSR count). The molecule has 1 aliphatic heterocycles. The van der Waals surface area contributed by atoms with Crippen molar-refractivity contribution in [2.24, 2.45) is 0 Å².